The number of nitrogens with one attached hydrogen (secondary N) is 2. The minimum absolute atomic E-state index is 0. The molecule has 0 unspecified atom stereocenters. The first-order valence-electron chi connectivity index (χ1n) is 9.95. The van der Waals surface area contributed by atoms with E-state index in [1.54, 1.807) is 7.05 Å². The Morgan fingerprint density at radius 2 is 1.87 bits per heavy atom. The number of hydrogen-bond acceptors (Lipinski definition) is 3. The predicted octanol–water partition coefficient (Wildman–Crippen LogP) is 4.27. The second kappa shape index (κ2) is 10.4. The molecule has 0 radical (unpaired) electrons. The summed E-state index contributed by atoms with van der Waals surface area (Å²) in [5, 5.41) is 7.95. The Morgan fingerprint density at radius 3 is 2.73 bits per heavy atom. The molecule has 0 saturated heterocycles. The van der Waals surface area contributed by atoms with Gasteiger partial charge in [-0.3, -0.25) is 9.98 Å². The van der Waals surface area contributed by atoms with Crippen LogP contribution in [0.3, 0.4) is 0 Å². The molecular weight excluding hydrogens is 487 g/mol. The maximum atomic E-state index is 4.63. The van der Waals surface area contributed by atoms with E-state index < -0.39 is 0 Å². The number of aryl methyl sites for hydroxylation is 2. The fourth-order valence-electron chi connectivity index (χ4n) is 3.63. The van der Waals surface area contributed by atoms with Gasteiger partial charge in [-0.25, -0.2) is 4.98 Å². The summed E-state index contributed by atoms with van der Waals surface area (Å²) >= 11 is 0. The summed E-state index contributed by atoms with van der Waals surface area (Å²) in [6.45, 7) is 4.49. The van der Waals surface area contributed by atoms with Crippen molar-refractivity contribution in [3.05, 3.63) is 72.2 Å². The van der Waals surface area contributed by atoms with E-state index in [9.17, 15) is 0 Å². The van der Waals surface area contributed by atoms with Crippen LogP contribution in [-0.4, -0.2) is 34.1 Å². The third-order valence-corrected chi connectivity index (χ3v) is 5.08. The number of nitrogens with zero attached hydrogens (tertiary/aromatic N) is 4. The Labute approximate surface area is 193 Å². The Morgan fingerprint density at radius 1 is 1.03 bits per heavy atom. The average molecular weight is 514 g/mol. The molecule has 0 spiro atoms. The van der Waals surface area contributed by atoms with Crippen molar-refractivity contribution in [2.45, 2.75) is 26.4 Å². The first-order chi connectivity index (χ1) is 14.3. The monoisotopic (exact) mass is 514 g/mol. The van der Waals surface area contributed by atoms with Crippen LogP contribution >= 0.6 is 24.0 Å². The van der Waals surface area contributed by atoms with Gasteiger partial charge in [-0.15, -0.1) is 24.0 Å². The molecule has 2 N–H and O–H groups in total. The molecule has 4 aromatic rings. The highest BCUT2D eigenvalue weighted by molar-refractivity contribution is 14.0. The molecule has 2 aromatic carbocycles. The van der Waals surface area contributed by atoms with E-state index >= 15 is 0 Å². The van der Waals surface area contributed by atoms with Crippen molar-refractivity contribution < 1.29 is 0 Å². The van der Waals surface area contributed by atoms with Gasteiger partial charge in [0.25, 0.3) is 0 Å². The number of aliphatic imine (C=N–C) groups is 1. The molecule has 4 rings (SSSR count). The van der Waals surface area contributed by atoms with E-state index in [0.29, 0.717) is 6.54 Å². The molecule has 2 heterocycles. The van der Waals surface area contributed by atoms with Gasteiger partial charge in [0.15, 0.2) is 5.96 Å². The molecule has 0 saturated carbocycles. The number of guanidine groups is 1. The van der Waals surface area contributed by atoms with Crippen molar-refractivity contribution in [2.75, 3.05) is 13.6 Å². The van der Waals surface area contributed by atoms with E-state index in [1.807, 2.05) is 18.3 Å². The van der Waals surface area contributed by atoms with Crippen molar-refractivity contribution >= 4 is 51.9 Å². The van der Waals surface area contributed by atoms with Gasteiger partial charge >= 0.3 is 0 Å². The Balaban J connectivity index is 0.00000256. The maximum Gasteiger partial charge on any atom is 0.191 e. The number of halogens is 1. The maximum absolute atomic E-state index is 4.63. The van der Waals surface area contributed by atoms with E-state index in [2.05, 4.69) is 79.5 Å². The molecule has 30 heavy (non-hydrogen) atoms. The lowest BCUT2D eigenvalue weighted by molar-refractivity contribution is 0.624. The van der Waals surface area contributed by atoms with Crippen LogP contribution in [0.15, 0.2) is 65.8 Å². The van der Waals surface area contributed by atoms with Gasteiger partial charge in [0.05, 0.1) is 16.6 Å². The summed E-state index contributed by atoms with van der Waals surface area (Å²) in [7, 11) is 1.80. The molecule has 6 nitrogen and oxygen atoms in total. The van der Waals surface area contributed by atoms with Gasteiger partial charge in [0.2, 0.25) is 0 Å². The molecule has 0 bridgehead atoms. The molecule has 0 aliphatic rings. The molecule has 0 aliphatic heterocycles. The molecule has 156 valence electrons. The smallest absolute Gasteiger partial charge is 0.191 e. The van der Waals surface area contributed by atoms with E-state index in [1.165, 1.54) is 5.52 Å². The highest BCUT2D eigenvalue weighted by Gasteiger charge is 2.07. The normalized spacial score (nSPS) is 11.5. The molecule has 0 fully saturated rings. The lowest BCUT2D eigenvalue weighted by atomic mass is 10.1. The standard InChI is InChI=1S/C23H26N6.HI/c1-17-28-20-11-3-4-12-21(20)29(17)15-7-14-26-23(24-2)27-16-19-9-5-8-18-10-6-13-25-22(18)19;/h3-6,8-13H,7,14-16H2,1-2H3,(H2,24,26,27);1H. The topological polar surface area (TPSA) is 67.1 Å². The van der Waals surface area contributed by atoms with Crippen molar-refractivity contribution in [1.82, 2.24) is 25.2 Å². The number of para-hydroxylation sites is 3. The summed E-state index contributed by atoms with van der Waals surface area (Å²) in [4.78, 5) is 13.5. The third-order valence-electron chi connectivity index (χ3n) is 5.08. The summed E-state index contributed by atoms with van der Waals surface area (Å²) in [5.74, 6) is 1.85. The summed E-state index contributed by atoms with van der Waals surface area (Å²) in [5.41, 5.74) is 4.43. The first-order valence-corrected chi connectivity index (χ1v) is 9.95. The van der Waals surface area contributed by atoms with Crippen molar-refractivity contribution in [3.63, 3.8) is 0 Å². The average Bonchev–Trinajstić information content (AvgIpc) is 3.08. The highest BCUT2D eigenvalue weighted by atomic mass is 127. The lowest BCUT2D eigenvalue weighted by Crippen LogP contribution is -2.37. The van der Waals surface area contributed by atoms with Crippen LogP contribution in [-0.2, 0) is 13.1 Å². The van der Waals surface area contributed by atoms with Crippen LogP contribution < -0.4 is 10.6 Å². The van der Waals surface area contributed by atoms with E-state index in [4.69, 9.17) is 0 Å². The minimum atomic E-state index is 0. The van der Waals surface area contributed by atoms with Crippen LogP contribution in [0.5, 0.6) is 0 Å². The third kappa shape index (κ3) is 4.89. The second-order valence-electron chi connectivity index (χ2n) is 7.00. The highest BCUT2D eigenvalue weighted by Crippen LogP contribution is 2.16. The van der Waals surface area contributed by atoms with Crippen LogP contribution in [0, 0.1) is 6.92 Å². The first kappa shape index (κ1) is 22.0. The predicted molar refractivity (Wildman–Crippen MR) is 134 cm³/mol. The van der Waals surface area contributed by atoms with Gasteiger partial charge < -0.3 is 15.2 Å². The molecule has 0 atom stereocenters. The van der Waals surface area contributed by atoms with Crippen LogP contribution in [0.2, 0.25) is 0 Å². The zero-order valence-electron chi connectivity index (χ0n) is 17.3. The van der Waals surface area contributed by atoms with Gasteiger partial charge in [-0.1, -0.05) is 36.4 Å². The van der Waals surface area contributed by atoms with Gasteiger partial charge in [-0.2, -0.15) is 0 Å². The summed E-state index contributed by atoms with van der Waals surface area (Å²) < 4.78 is 2.27. The molecule has 0 aliphatic carbocycles. The van der Waals surface area contributed by atoms with Gasteiger partial charge in [0, 0.05) is 38.3 Å². The van der Waals surface area contributed by atoms with Crippen LogP contribution in [0.25, 0.3) is 21.9 Å². The number of rotatable bonds is 6. The SMILES string of the molecule is CN=C(NCCCn1c(C)nc2ccccc21)NCc1cccc2cccnc12.I. The number of aromatic nitrogens is 3. The Bertz CT molecular complexity index is 1150. The minimum Gasteiger partial charge on any atom is -0.356 e. The van der Waals surface area contributed by atoms with Crippen molar-refractivity contribution in [1.29, 1.82) is 0 Å². The second-order valence-corrected chi connectivity index (χ2v) is 7.00. The van der Waals surface area contributed by atoms with E-state index in [0.717, 1.165) is 53.3 Å². The largest absolute Gasteiger partial charge is 0.356 e. The van der Waals surface area contributed by atoms with Crippen LogP contribution in [0.4, 0.5) is 0 Å². The quantitative estimate of drug-likeness (QED) is 0.175. The summed E-state index contributed by atoms with van der Waals surface area (Å²) in [6.07, 6.45) is 2.82. The van der Waals surface area contributed by atoms with Gasteiger partial charge in [0.1, 0.15) is 5.82 Å². The zero-order chi connectivity index (χ0) is 20.1. The van der Waals surface area contributed by atoms with Crippen LogP contribution in [0.1, 0.15) is 17.8 Å². The fourth-order valence-corrected chi connectivity index (χ4v) is 3.63. The number of benzene rings is 2. The number of imidazole rings is 1. The zero-order valence-corrected chi connectivity index (χ0v) is 19.6. The van der Waals surface area contributed by atoms with E-state index in [-0.39, 0.29) is 24.0 Å². The van der Waals surface area contributed by atoms with Gasteiger partial charge in [-0.05, 0) is 37.1 Å². The molecule has 2 aromatic heterocycles. The number of pyridine rings is 1. The molecular formula is C23H27IN6. The lowest BCUT2D eigenvalue weighted by Gasteiger charge is -2.13. The number of fused-ring (bicyclic) bond motifs is 2. The Hall–Kier alpha value is -2.68. The Kier molecular flexibility index (Phi) is 7.62. The number of hydrogen-bond donors (Lipinski definition) is 2. The molecule has 0 amide bonds. The summed E-state index contributed by atoms with van der Waals surface area (Å²) in [6, 6.07) is 18.6. The fraction of sp³-hybridized carbons (Fsp3) is 0.261. The molecule has 7 heteroatoms. The van der Waals surface area contributed by atoms with Crippen molar-refractivity contribution in [3.8, 4) is 0 Å². The van der Waals surface area contributed by atoms with Crippen molar-refractivity contribution in [2.24, 2.45) is 4.99 Å².